The van der Waals surface area contributed by atoms with Gasteiger partial charge in [0.2, 0.25) is 10.0 Å². The van der Waals surface area contributed by atoms with Crippen LogP contribution in [0.1, 0.15) is 42.3 Å². The lowest BCUT2D eigenvalue weighted by Crippen LogP contribution is -2.39. The molecule has 0 bridgehead atoms. The highest BCUT2D eigenvalue weighted by Gasteiger charge is 2.35. The molecule has 9 heteroatoms. The van der Waals surface area contributed by atoms with E-state index in [4.69, 9.17) is 0 Å². The molecule has 0 amide bonds. The smallest absolute Gasteiger partial charge is 0.207 e. The third-order valence-corrected chi connectivity index (χ3v) is 9.18. The molecule has 0 saturated carbocycles. The Balaban J connectivity index is 2.13. The Bertz CT molecular complexity index is 1120. The maximum absolute atomic E-state index is 13.3. The average molecular weight is 426 g/mol. The molecule has 154 valence electrons. The van der Waals surface area contributed by atoms with Crippen molar-refractivity contribution in [3.05, 3.63) is 40.7 Å². The summed E-state index contributed by atoms with van der Waals surface area (Å²) in [7, 11) is -7.81. The van der Waals surface area contributed by atoms with Gasteiger partial charge in [0.25, 0.3) is 10.0 Å². The molecule has 0 radical (unpaired) electrons. The summed E-state index contributed by atoms with van der Waals surface area (Å²) in [5.74, 6) is 0.276. The van der Waals surface area contributed by atoms with Gasteiger partial charge in [-0.2, -0.15) is 21.9 Å². The number of hydrogen-bond donors (Lipinski definition) is 0. The molecule has 1 aliphatic heterocycles. The van der Waals surface area contributed by atoms with Crippen LogP contribution in [0.3, 0.4) is 0 Å². The number of piperidine rings is 1. The lowest BCUT2D eigenvalue weighted by atomic mass is 10.0. The van der Waals surface area contributed by atoms with Crippen molar-refractivity contribution >= 4 is 20.0 Å². The van der Waals surface area contributed by atoms with Gasteiger partial charge in [-0.15, -0.1) is 0 Å². The van der Waals surface area contributed by atoms with Gasteiger partial charge in [0.1, 0.15) is 4.90 Å². The molecule has 1 aromatic heterocycles. The summed E-state index contributed by atoms with van der Waals surface area (Å²) in [5, 5.41) is 4.13. The summed E-state index contributed by atoms with van der Waals surface area (Å²) in [6.45, 7) is 9.48. The van der Waals surface area contributed by atoms with Gasteiger partial charge in [-0.25, -0.2) is 8.42 Å². The fourth-order valence-electron chi connectivity index (χ4n) is 3.78. The number of nitrogens with zero attached hydrogens (tertiary/aromatic N) is 3. The Morgan fingerprint density at radius 2 is 1.71 bits per heavy atom. The van der Waals surface area contributed by atoms with Crippen LogP contribution in [0.2, 0.25) is 0 Å². The molecular weight excluding hydrogens is 398 g/mol. The van der Waals surface area contributed by atoms with Crippen molar-refractivity contribution in [2.45, 2.75) is 57.3 Å². The maximum Gasteiger partial charge on any atom is 0.283 e. The fraction of sp³-hybridized carbons (Fsp3) is 0.526. The molecule has 1 fully saturated rings. The summed E-state index contributed by atoms with van der Waals surface area (Å²) in [6, 6.07) is 5.16. The first-order chi connectivity index (χ1) is 13.0. The van der Waals surface area contributed by atoms with Crippen molar-refractivity contribution in [1.82, 2.24) is 13.5 Å². The monoisotopic (exact) mass is 425 g/mol. The van der Waals surface area contributed by atoms with Gasteiger partial charge in [-0.05, 0) is 63.6 Å². The van der Waals surface area contributed by atoms with Crippen LogP contribution in [0.4, 0.5) is 0 Å². The van der Waals surface area contributed by atoms with Crippen molar-refractivity contribution in [2.24, 2.45) is 5.92 Å². The molecule has 2 aromatic rings. The van der Waals surface area contributed by atoms with Crippen LogP contribution in [0, 0.1) is 33.6 Å². The zero-order valence-electron chi connectivity index (χ0n) is 16.9. The maximum atomic E-state index is 13.3. The zero-order chi connectivity index (χ0) is 20.9. The third-order valence-electron chi connectivity index (χ3n) is 5.25. The van der Waals surface area contributed by atoms with Crippen LogP contribution in [-0.4, -0.2) is 43.4 Å². The number of rotatable bonds is 4. The van der Waals surface area contributed by atoms with Gasteiger partial charge in [0.05, 0.1) is 16.3 Å². The quantitative estimate of drug-likeness (QED) is 0.751. The molecule has 2 heterocycles. The zero-order valence-corrected chi connectivity index (χ0v) is 18.6. The van der Waals surface area contributed by atoms with E-state index in [1.165, 1.54) is 11.2 Å². The summed E-state index contributed by atoms with van der Waals surface area (Å²) < 4.78 is 55.3. The lowest BCUT2D eigenvalue weighted by Gasteiger charge is -2.30. The van der Waals surface area contributed by atoms with E-state index < -0.39 is 20.0 Å². The summed E-state index contributed by atoms with van der Waals surface area (Å²) in [6.07, 6.45) is 1.79. The molecule has 0 aliphatic carbocycles. The van der Waals surface area contributed by atoms with E-state index in [-0.39, 0.29) is 27.1 Å². The molecule has 0 spiro atoms. The number of aryl methyl sites for hydroxylation is 3. The van der Waals surface area contributed by atoms with E-state index in [2.05, 4.69) is 5.10 Å². The molecule has 28 heavy (non-hydrogen) atoms. The van der Waals surface area contributed by atoms with Gasteiger partial charge in [0, 0.05) is 13.1 Å². The Hall–Kier alpha value is -1.71. The largest absolute Gasteiger partial charge is 0.283 e. The first-order valence-corrected chi connectivity index (χ1v) is 12.2. The van der Waals surface area contributed by atoms with Crippen molar-refractivity contribution in [1.29, 1.82) is 0 Å². The number of benzene rings is 1. The highest BCUT2D eigenvalue weighted by Crippen LogP contribution is 2.30. The number of sulfonamides is 1. The second-order valence-corrected chi connectivity index (χ2v) is 11.3. The van der Waals surface area contributed by atoms with Gasteiger partial charge in [-0.1, -0.05) is 19.1 Å². The Morgan fingerprint density at radius 1 is 1.04 bits per heavy atom. The lowest BCUT2D eigenvalue weighted by molar-refractivity contribution is 0.281. The van der Waals surface area contributed by atoms with E-state index in [0.29, 0.717) is 18.7 Å². The first kappa shape index (κ1) is 21.0. The van der Waals surface area contributed by atoms with E-state index in [0.717, 1.165) is 22.5 Å². The van der Waals surface area contributed by atoms with Crippen LogP contribution in [-0.2, 0) is 20.0 Å². The standard InChI is InChI=1S/C19H27N3O4S2/c1-13-8-9-15(3)18(11-13)27(23,24)22-17(5)19(16(4)20-22)28(25,26)21-10-6-7-14(2)12-21/h8-9,11,14H,6-7,10,12H2,1-5H3/t14-/m1/s1. The number of hydrogen-bond acceptors (Lipinski definition) is 5. The van der Waals surface area contributed by atoms with Crippen molar-refractivity contribution in [3.63, 3.8) is 0 Å². The molecule has 7 nitrogen and oxygen atoms in total. The van der Waals surface area contributed by atoms with Crippen molar-refractivity contribution < 1.29 is 16.8 Å². The minimum absolute atomic E-state index is 0.00418. The van der Waals surface area contributed by atoms with Crippen molar-refractivity contribution in [3.8, 4) is 0 Å². The minimum atomic E-state index is -4.00. The molecule has 0 N–H and O–H groups in total. The van der Waals surface area contributed by atoms with E-state index >= 15 is 0 Å². The molecule has 1 aliphatic rings. The van der Waals surface area contributed by atoms with Crippen molar-refractivity contribution in [2.75, 3.05) is 13.1 Å². The third kappa shape index (κ3) is 3.51. The Labute approximate surface area is 167 Å². The average Bonchev–Trinajstić information content (AvgIpc) is 2.92. The fourth-order valence-corrected chi connectivity index (χ4v) is 7.47. The second kappa shape index (κ2) is 7.27. The highest BCUT2D eigenvalue weighted by molar-refractivity contribution is 7.90. The van der Waals surface area contributed by atoms with E-state index in [1.54, 1.807) is 26.0 Å². The SMILES string of the molecule is Cc1ccc(C)c(S(=O)(=O)n2nc(C)c(S(=O)(=O)N3CCC[C@@H](C)C3)c2C)c1. The molecular formula is C19H27N3O4S2. The topological polar surface area (TPSA) is 89.3 Å². The summed E-state index contributed by atoms with van der Waals surface area (Å²) in [5.41, 5.74) is 1.72. The minimum Gasteiger partial charge on any atom is -0.207 e. The Morgan fingerprint density at radius 3 is 2.36 bits per heavy atom. The van der Waals surface area contributed by atoms with Gasteiger partial charge in [-0.3, -0.25) is 0 Å². The normalized spacial score (nSPS) is 19.1. The Kier molecular flexibility index (Phi) is 5.46. The van der Waals surface area contributed by atoms with Gasteiger partial charge < -0.3 is 0 Å². The van der Waals surface area contributed by atoms with Crippen LogP contribution < -0.4 is 0 Å². The van der Waals surface area contributed by atoms with Crippen LogP contribution >= 0.6 is 0 Å². The summed E-state index contributed by atoms with van der Waals surface area (Å²) in [4.78, 5) is 0.129. The predicted octanol–water partition coefficient (Wildman–Crippen LogP) is 2.77. The molecule has 1 atom stereocenters. The predicted molar refractivity (Wildman–Crippen MR) is 107 cm³/mol. The van der Waals surface area contributed by atoms with E-state index in [1.807, 2.05) is 19.9 Å². The molecule has 1 saturated heterocycles. The van der Waals surface area contributed by atoms with Crippen LogP contribution in [0.5, 0.6) is 0 Å². The molecule has 3 rings (SSSR count). The van der Waals surface area contributed by atoms with Gasteiger partial charge in [0.15, 0.2) is 0 Å². The van der Waals surface area contributed by atoms with Crippen LogP contribution in [0.15, 0.2) is 28.0 Å². The first-order valence-electron chi connectivity index (χ1n) is 9.35. The molecule has 1 aromatic carbocycles. The summed E-state index contributed by atoms with van der Waals surface area (Å²) >= 11 is 0. The second-order valence-electron chi connectivity index (χ2n) is 7.73. The molecule has 0 unspecified atom stereocenters. The van der Waals surface area contributed by atoms with E-state index in [9.17, 15) is 16.8 Å². The van der Waals surface area contributed by atoms with Gasteiger partial charge >= 0.3 is 0 Å². The number of aromatic nitrogens is 2. The van der Waals surface area contributed by atoms with Crippen LogP contribution in [0.25, 0.3) is 0 Å². The highest BCUT2D eigenvalue weighted by atomic mass is 32.2.